The van der Waals surface area contributed by atoms with Crippen molar-refractivity contribution in [2.75, 3.05) is 13.2 Å². The molecule has 0 fully saturated rings. The molecule has 0 aliphatic heterocycles. The summed E-state index contributed by atoms with van der Waals surface area (Å²) >= 11 is 0. The normalized spacial score (nSPS) is 26.1. The van der Waals surface area contributed by atoms with Crippen molar-refractivity contribution in [3.05, 3.63) is 34.1 Å². The summed E-state index contributed by atoms with van der Waals surface area (Å²) in [6.07, 6.45) is 5.03. The number of rotatable bonds is 5. The SMILES string of the molecule is CC1C=C(OC[C@H](C)CN)C=CC1[N+](=O)[O-]. The lowest BCUT2D eigenvalue weighted by Crippen LogP contribution is -2.26. The molecule has 3 atom stereocenters. The molecule has 0 spiro atoms. The Labute approximate surface area is 95.1 Å². The highest BCUT2D eigenvalue weighted by atomic mass is 16.6. The molecule has 16 heavy (non-hydrogen) atoms. The van der Waals surface area contributed by atoms with Crippen molar-refractivity contribution in [3.63, 3.8) is 0 Å². The van der Waals surface area contributed by atoms with E-state index in [0.717, 1.165) is 0 Å². The van der Waals surface area contributed by atoms with Crippen LogP contribution in [0.25, 0.3) is 0 Å². The van der Waals surface area contributed by atoms with Gasteiger partial charge in [0.1, 0.15) is 5.76 Å². The molecule has 2 N–H and O–H groups in total. The average molecular weight is 226 g/mol. The zero-order chi connectivity index (χ0) is 12.1. The van der Waals surface area contributed by atoms with Gasteiger partial charge in [0, 0.05) is 16.8 Å². The minimum Gasteiger partial charge on any atom is -0.494 e. The minimum atomic E-state index is -0.640. The van der Waals surface area contributed by atoms with E-state index in [1.807, 2.05) is 13.8 Å². The van der Waals surface area contributed by atoms with E-state index < -0.39 is 6.04 Å². The fourth-order valence-electron chi connectivity index (χ4n) is 1.45. The second-order valence-electron chi connectivity index (χ2n) is 4.22. The third-order valence-corrected chi connectivity index (χ3v) is 2.60. The fraction of sp³-hybridized carbons (Fsp3) is 0.636. The van der Waals surface area contributed by atoms with Gasteiger partial charge in [-0.3, -0.25) is 10.1 Å². The molecule has 1 aliphatic carbocycles. The van der Waals surface area contributed by atoms with Gasteiger partial charge < -0.3 is 10.5 Å². The molecule has 5 nitrogen and oxygen atoms in total. The molecule has 1 rings (SSSR count). The van der Waals surface area contributed by atoms with E-state index in [1.54, 1.807) is 18.2 Å². The molecular weight excluding hydrogens is 208 g/mol. The van der Waals surface area contributed by atoms with Gasteiger partial charge in [-0.25, -0.2) is 0 Å². The highest BCUT2D eigenvalue weighted by Crippen LogP contribution is 2.20. The summed E-state index contributed by atoms with van der Waals surface area (Å²) in [5.74, 6) is 0.854. The van der Waals surface area contributed by atoms with Crippen molar-refractivity contribution in [2.45, 2.75) is 19.9 Å². The van der Waals surface area contributed by atoms with E-state index in [9.17, 15) is 10.1 Å². The van der Waals surface area contributed by atoms with E-state index in [2.05, 4.69) is 0 Å². The zero-order valence-electron chi connectivity index (χ0n) is 9.63. The van der Waals surface area contributed by atoms with Gasteiger partial charge in [0.05, 0.1) is 6.61 Å². The van der Waals surface area contributed by atoms with E-state index in [0.29, 0.717) is 18.9 Å². The third-order valence-electron chi connectivity index (χ3n) is 2.60. The van der Waals surface area contributed by atoms with Crippen LogP contribution >= 0.6 is 0 Å². The quantitative estimate of drug-likeness (QED) is 0.566. The first kappa shape index (κ1) is 12.7. The Bertz CT molecular complexity index is 312. The van der Waals surface area contributed by atoms with Gasteiger partial charge >= 0.3 is 0 Å². The number of hydrogen-bond donors (Lipinski definition) is 1. The number of allylic oxidation sites excluding steroid dienone is 1. The second-order valence-corrected chi connectivity index (χ2v) is 4.22. The molecule has 0 bridgehead atoms. The molecular formula is C11H18N2O3. The van der Waals surface area contributed by atoms with Crippen molar-refractivity contribution in [3.8, 4) is 0 Å². The molecule has 90 valence electrons. The van der Waals surface area contributed by atoms with Crippen LogP contribution in [0, 0.1) is 22.0 Å². The van der Waals surface area contributed by atoms with Gasteiger partial charge in [-0.1, -0.05) is 13.8 Å². The topological polar surface area (TPSA) is 78.4 Å². The molecule has 0 heterocycles. The molecule has 0 aromatic heterocycles. The summed E-state index contributed by atoms with van der Waals surface area (Å²) in [6.45, 7) is 4.93. The van der Waals surface area contributed by atoms with E-state index >= 15 is 0 Å². The van der Waals surface area contributed by atoms with Crippen LogP contribution in [0.5, 0.6) is 0 Å². The Balaban J connectivity index is 2.50. The first-order valence-corrected chi connectivity index (χ1v) is 5.41. The molecule has 0 amide bonds. The lowest BCUT2D eigenvalue weighted by molar-refractivity contribution is -0.515. The third kappa shape index (κ3) is 3.34. The average Bonchev–Trinajstić information content (AvgIpc) is 2.25. The monoisotopic (exact) mass is 226 g/mol. The Morgan fingerprint density at radius 1 is 1.69 bits per heavy atom. The smallest absolute Gasteiger partial charge is 0.237 e. The predicted molar refractivity (Wildman–Crippen MR) is 61.3 cm³/mol. The van der Waals surface area contributed by atoms with Crippen LogP contribution in [0.3, 0.4) is 0 Å². The standard InChI is InChI=1S/C11H18N2O3/c1-8(6-12)7-16-10-3-4-11(13(14)15)9(2)5-10/h3-5,8-9,11H,6-7,12H2,1-2H3/t8-,9?,11?/m1/s1. The Morgan fingerprint density at radius 2 is 2.38 bits per heavy atom. The van der Waals surface area contributed by atoms with Crippen LogP contribution in [-0.2, 0) is 4.74 Å². The van der Waals surface area contributed by atoms with Crippen LogP contribution in [0.15, 0.2) is 24.0 Å². The molecule has 0 saturated heterocycles. The fourth-order valence-corrected chi connectivity index (χ4v) is 1.45. The van der Waals surface area contributed by atoms with Crippen molar-refractivity contribution < 1.29 is 9.66 Å². The highest BCUT2D eigenvalue weighted by molar-refractivity contribution is 5.21. The van der Waals surface area contributed by atoms with Gasteiger partial charge in [-0.2, -0.15) is 0 Å². The maximum atomic E-state index is 10.7. The van der Waals surface area contributed by atoms with Crippen molar-refractivity contribution in [2.24, 2.45) is 17.6 Å². The minimum absolute atomic E-state index is 0.136. The maximum Gasteiger partial charge on any atom is 0.237 e. The molecule has 2 unspecified atom stereocenters. The van der Waals surface area contributed by atoms with Crippen LogP contribution in [0.4, 0.5) is 0 Å². The summed E-state index contributed by atoms with van der Waals surface area (Å²) < 4.78 is 5.51. The van der Waals surface area contributed by atoms with Gasteiger partial charge in [0.25, 0.3) is 0 Å². The number of nitrogens with zero attached hydrogens (tertiary/aromatic N) is 1. The molecule has 0 saturated carbocycles. The summed E-state index contributed by atoms with van der Waals surface area (Å²) in [5.41, 5.74) is 5.47. The van der Waals surface area contributed by atoms with Crippen molar-refractivity contribution in [1.29, 1.82) is 0 Å². The molecule has 0 aromatic rings. The van der Waals surface area contributed by atoms with Gasteiger partial charge in [0.2, 0.25) is 6.04 Å². The van der Waals surface area contributed by atoms with Crippen LogP contribution in [-0.4, -0.2) is 24.1 Å². The van der Waals surface area contributed by atoms with Gasteiger partial charge in [-0.05, 0) is 24.8 Å². The largest absolute Gasteiger partial charge is 0.494 e. The molecule has 1 aliphatic rings. The van der Waals surface area contributed by atoms with Crippen LogP contribution in [0.2, 0.25) is 0 Å². The summed E-state index contributed by atoms with van der Waals surface area (Å²) in [7, 11) is 0. The van der Waals surface area contributed by atoms with E-state index in [4.69, 9.17) is 10.5 Å². The zero-order valence-corrected chi connectivity index (χ0v) is 9.63. The summed E-state index contributed by atoms with van der Waals surface area (Å²) in [5, 5.41) is 10.7. The summed E-state index contributed by atoms with van der Waals surface area (Å²) in [6, 6.07) is -0.640. The highest BCUT2D eigenvalue weighted by Gasteiger charge is 2.26. The number of nitro groups is 1. The Hall–Kier alpha value is -1.36. The molecule has 5 heteroatoms. The van der Waals surface area contributed by atoms with E-state index in [1.165, 1.54) is 0 Å². The van der Waals surface area contributed by atoms with E-state index in [-0.39, 0.29) is 16.8 Å². The Kier molecular flexibility index (Phi) is 4.49. The van der Waals surface area contributed by atoms with Crippen LogP contribution in [0.1, 0.15) is 13.8 Å². The first-order chi connectivity index (χ1) is 7.54. The lowest BCUT2D eigenvalue weighted by Gasteiger charge is -2.18. The Morgan fingerprint density at radius 3 is 2.88 bits per heavy atom. The van der Waals surface area contributed by atoms with Gasteiger partial charge in [-0.15, -0.1) is 0 Å². The number of hydrogen-bond acceptors (Lipinski definition) is 4. The lowest BCUT2D eigenvalue weighted by atomic mass is 9.97. The van der Waals surface area contributed by atoms with Crippen molar-refractivity contribution >= 4 is 0 Å². The molecule has 0 radical (unpaired) electrons. The number of nitrogens with two attached hydrogens (primary N) is 1. The first-order valence-electron chi connectivity index (χ1n) is 5.41. The van der Waals surface area contributed by atoms with Gasteiger partial charge in [0.15, 0.2) is 0 Å². The second kappa shape index (κ2) is 5.65. The summed E-state index contributed by atoms with van der Waals surface area (Å²) in [4.78, 5) is 10.4. The predicted octanol–water partition coefficient (Wildman–Crippen LogP) is 1.33. The van der Waals surface area contributed by atoms with Crippen molar-refractivity contribution in [1.82, 2.24) is 0 Å². The number of ether oxygens (including phenoxy) is 1. The maximum absolute atomic E-state index is 10.7. The molecule has 0 aromatic carbocycles. The van der Waals surface area contributed by atoms with Crippen LogP contribution < -0.4 is 5.73 Å².